The maximum atomic E-state index is 13.0. The van der Waals surface area contributed by atoms with E-state index in [-0.39, 0.29) is 19.0 Å². The Bertz CT molecular complexity index is 1810. The van der Waals surface area contributed by atoms with Crippen molar-refractivity contribution in [3.8, 4) is 23.0 Å². The number of unbranched alkanes of at least 4 members (excludes halogenated alkanes) is 3. The van der Waals surface area contributed by atoms with Crippen molar-refractivity contribution < 1.29 is 54.0 Å². The van der Waals surface area contributed by atoms with Gasteiger partial charge in [-0.1, -0.05) is 36.3 Å². The van der Waals surface area contributed by atoms with Crippen LogP contribution in [0, 0.1) is 0 Å². The fourth-order valence-electron chi connectivity index (χ4n) is 6.54. The van der Waals surface area contributed by atoms with Crippen LogP contribution in [0.3, 0.4) is 0 Å². The van der Waals surface area contributed by atoms with Crippen molar-refractivity contribution in [2.75, 3.05) is 13.2 Å². The molecule has 1 unspecified atom stereocenters. The lowest BCUT2D eigenvalue weighted by Crippen LogP contribution is -2.59. The molecule has 3 aromatic carbocycles. The standard InChI is InChI=1S/C35H37N3O11/c39-18-29-30(41)31(42)32(43)34(48-29)45-14-6-2-1-5-13-38-17-20(36-37-38)19-46-22-10-12-26-28(16-22)47-27-15-21(40)9-11-25(27)35(26)24-8-4-3-7-23(24)33(44)49-35/h3-4,7-12,15-17,29-32,34,39-43H,1-2,5-6,13-14,18-19H2/t29-,30-,31+,32+,34+,35?/m1/s1. The number of aliphatic hydroxyl groups is 4. The van der Waals surface area contributed by atoms with E-state index in [0.717, 1.165) is 19.3 Å². The molecule has 4 aromatic rings. The molecular weight excluding hydrogens is 638 g/mol. The van der Waals surface area contributed by atoms with Crippen LogP contribution < -0.4 is 9.47 Å². The molecule has 258 valence electrons. The monoisotopic (exact) mass is 675 g/mol. The molecule has 4 heterocycles. The number of carbonyl (C=O) groups excluding carboxylic acids is 1. The van der Waals surface area contributed by atoms with E-state index in [1.54, 1.807) is 41.1 Å². The largest absolute Gasteiger partial charge is 0.508 e. The van der Waals surface area contributed by atoms with E-state index in [4.69, 9.17) is 23.7 Å². The topological polar surface area (TPSA) is 195 Å². The number of nitrogens with zero attached hydrogens (tertiary/aromatic N) is 3. The van der Waals surface area contributed by atoms with Crippen LogP contribution in [0.1, 0.15) is 58.4 Å². The van der Waals surface area contributed by atoms with E-state index >= 15 is 0 Å². The number of carbonyl (C=O) groups is 1. The van der Waals surface area contributed by atoms with Crippen molar-refractivity contribution in [3.05, 3.63) is 94.8 Å². The summed E-state index contributed by atoms with van der Waals surface area (Å²) in [5, 5.41) is 57.7. The highest BCUT2D eigenvalue weighted by molar-refractivity contribution is 5.97. The number of hydrogen-bond acceptors (Lipinski definition) is 13. The molecule has 0 saturated carbocycles. The number of aryl methyl sites for hydroxylation is 1. The molecule has 0 radical (unpaired) electrons. The first-order valence-electron chi connectivity index (χ1n) is 16.2. The number of hydrogen-bond donors (Lipinski definition) is 5. The second kappa shape index (κ2) is 13.7. The zero-order chi connectivity index (χ0) is 34.1. The summed E-state index contributed by atoms with van der Waals surface area (Å²) in [5.74, 6) is 0.898. The van der Waals surface area contributed by atoms with Gasteiger partial charge < -0.3 is 49.2 Å². The van der Waals surface area contributed by atoms with E-state index in [1.807, 2.05) is 24.4 Å². The lowest BCUT2D eigenvalue weighted by atomic mass is 9.77. The molecule has 5 N–H and O–H groups in total. The molecule has 49 heavy (non-hydrogen) atoms. The normalized spacial score (nSPS) is 25.3. The maximum absolute atomic E-state index is 13.0. The van der Waals surface area contributed by atoms with E-state index in [1.165, 1.54) is 6.07 Å². The minimum Gasteiger partial charge on any atom is -0.508 e. The molecule has 3 aliphatic heterocycles. The van der Waals surface area contributed by atoms with E-state index < -0.39 is 48.9 Å². The van der Waals surface area contributed by atoms with Gasteiger partial charge in [0.15, 0.2) is 11.9 Å². The number of rotatable bonds is 12. The predicted molar refractivity (Wildman–Crippen MR) is 169 cm³/mol. The highest BCUT2D eigenvalue weighted by Gasteiger charge is 2.53. The van der Waals surface area contributed by atoms with Gasteiger partial charge >= 0.3 is 5.97 Å². The van der Waals surface area contributed by atoms with Crippen LogP contribution in [0.5, 0.6) is 23.0 Å². The smallest absolute Gasteiger partial charge is 0.340 e. The van der Waals surface area contributed by atoms with Gasteiger partial charge in [-0.3, -0.25) is 4.68 Å². The minimum atomic E-state index is -1.46. The van der Waals surface area contributed by atoms with Crippen molar-refractivity contribution >= 4 is 5.97 Å². The minimum absolute atomic E-state index is 0.0197. The van der Waals surface area contributed by atoms with Crippen LogP contribution in [-0.4, -0.2) is 90.4 Å². The average molecular weight is 676 g/mol. The molecule has 14 heteroatoms. The van der Waals surface area contributed by atoms with Gasteiger partial charge in [0.1, 0.15) is 59.7 Å². The van der Waals surface area contributed by atoms with Crippen LogP contribution in [0.2, 0.25) is 0 Å². The summed E-state index contributed by atoms with van der Waals surface area (Å²) in [7, 11) is 0. The summed E-state index contributed by atoms with van der Waals surface area (Å²) in [6, 6.07) is 17.3. The van der Waals surface area contributed by atoms with Crippen molar-refractivity contribution in [1.29, 1.82) is 0 Å². The van der Waals surface area contributed by atoms with Gasteiger partial charge in [0.2, 0.25) is 0 Å². The number of aromatic nitrogens is 3. The highest BCUT2D eigenvalue weighted by atomic mass is 16.7. The Morgan fingerprint density at radius 2 is 1.65 bits per heavy atom. The quantitative estimate of drug-likeness (QED) is 0.109. The van der Waals surface area contributed by atoms with Crippen molar-refractivity contribution in [3.63, 3.8) is 0 Å². The summed E-state index contributed by atoms with van der Waals surface area (Å²) in [5.41, 5.74) is 1.83. The summed E-state index contributed by atoms with van der Waals surface area (Å²) >= 11 is 0. The fourth-order valence-corrected chi connectivity index (χ4v) is 6.54. The number of fused-ring (bicyclic) bond motifs is 6. The maximum Gasteiger partial charge on any atom is 0.340 e. The molecule has 3 aliphatic rings. The van der Waals surface area contributed by atoms with Gasteiger partial charge in [-0.25, -0.2) is 4.79 Å². The average Bonchev–Trinajstić information content (AvgIpc) is 3.68. The number of esters is 1. The molecule has 7 rings (SSSR count). The molecule has 0 amide bonds. The van der Waals surface area contributed by atoms with Crippen LogP contribution in [0.4, 0.5) is 0 Å². The molecule has 0 aliphatic carbocycles. The van der Waals surface area contributed by atoms with Crippen molar-refractivity contribution in [1.82, 2.24) is 15.0 Å². The van der Waals surface area contributed by atoms with Crippen LogP contribution in [-0.2, 0) is 33.0 Å². The Morgan fingerprint density at radius 3 is 2.49 bits per heavy atom. The first-order valence-corrected chi connectivity index (χ1v) is 16.2. The number of ether oxygens (including phenoxy) is 5. The molecule has 1 aromatic heterocycles. The number of benzene rings is 3. The number of aliphatic hydroxyl groups excluding tert-OH is 4. The highest BCUT2D eigenvalue weighted by Crippen LogP contribution is 2.57. The van der Waals surface area contributed by atoms with Gasteiger partial charge in [0.05, 0.1) is 18.4 Å². The zero-order valence-electron chi connectivity index (χ0n) is 26.4. The van der Waals surface area contributed by atoms with Gasteiger partial charge in [-0.05, 0) is 43.2 Å². The second-order valence-corrected chi connectivity index (χ2v) is 12.3. The SMILES string of the molecule is O=C1OC2(c3ccc(O)cc3Oc3cc(OCc4cn(CCCCCCO[C@H]5O[C@H](CO)[C@@H](O)[C@H](O)[C@@H]5O)nn4)ccc32)c2ccccc21. The predicted octanol–water partition coefficient (Wildman–Crippen LogP) is 2.51. The third-order valence-corrected chi connectivity index (χ3v) is 9.05. The third-order valence-electron chi connectivity index (χ3n) is 9.05. The summed E-state index contributed by atoms with van der Waals surface area (Å²) < 4.78 is 31.0. The third kappa shape index (κ3) is 6.23. The van der Waals surface area contributed by atoms with Crippen LogP contribution in [0.15, 0.2) is 66.9 Å². The Hall–Kier alpha value is -4.57. The van der Waals surface area contributed by atoms with E-state index in [9.17, 15) is 30.3 Å². The van der Waals surface area contributed by atoms with Crippen molar-refractivity contribution in [2.24, 2.45) is 0 Å². The van der Waals surface area contributed by atoms with Gasteiger partial charge in [0, 0.05) is 42.0 Å². The number of phenolic OH excluding ortho intramolecular Hbond substituents is 1. The van der Waals surface area contributed by atoms with Crippen LogP contribution in [0.25, 0.3) is 0 Å². The Morgan fingerprint density at radius 1 is 0.878 bits per heavy atom. The lowest BCUT2D eigenvalue weighted by Gasteiger charge is -2.39. The van der Waals surface area contributed by atoms with E-state index in [0.29, 0.717) is 58.2 Å². The Kier molecular flexibility index (Phi) is 9.24. The van der Waals surface area contributed by atoms with Gasteiger partial charge in [-0.15, -0.1) is 5.10 Å². The Labute approximate surface area is 281 Å². The lowest BCUT2D eigenvalue weighted by molar-refractivity contribution is -0.301. The van der Waals surface area contributed by atoms with Crippen molar-refractivity contribution in [2.45, 2.75) is 75.1 Å². The van der Waals surface area contributed by atoms with E-state index in [2.05, 4.69) is 10.3 Å². The molecule has 14 nitrogen and oxygen atoms in total. The zero-order valence-corrected chi connectivity index (χ0v) is 26.4. The summed E-state index contributed by atoms with van der Waals surface area (Å²) in [6.45, 7) is 0.605. The number of phenols is 1. The molecule has 0 bridgehead atoms. The van der Waals surface area contributed by atoms with Gasteiger partial charge in [-0.2, -0.15) is 0 Å². The first-order chi connectivity index (χ1) is 23.8. The molecule has 1 spiro atoms. The molecule has 1 saturated heterocycles. The molecular formula is C35H37N3O11. The molecule has 1 fully saturated rings. The number of aromatic hydroxyl groups is 1. The summed E-state index contributed by atoms with van der Waals surface area (Å²) in [6.07, 6.45) is -1.29. The first kappa shape index (κ1) is 33.0. The summed E-state index contributed by atoms with van der Waals surface area (Å²) in [4.78, 5) is 13.0. The van der Waals surface area contributed by atoms with Crippen LogP contribution >= 0.6 is 0 Å². The molecule has 6 atom stereocenters. The fraction of sp³-hybridized carbons (Fsp3) is 0.400. The Balaban J connectivity index is 0.917. The van der Waals surface area contributed by atoms with Gasteiger partial charge in [0.25, 0.3) is 0 Å². The second-order valence-electron chi connectivity index (χ2n) is 12.3.